The van der Waals surface area contributed by atoms with Crippen LogP contribution in [0.5, 0.6) is 0 Å². The van der Waals surface area contributed by atoms with E-state index < -0.39 is 0 Å². The van der Waals surface area contributed by atoms with Gasteiger partial charge >= 0.3 is 5.69 Å². The number of anilines is 1. The highest BCUT2D eigenvalue weighted by molar-refractivity contribution is 5.62. The number of hydrogen-bond acceptors (Lipinski definition) is 5. The normalized spacial score (nSPS) is 11.1. The van der Waals surface area contributed by atoms with Gasteiger partial charge in [0.25, 0.3) is 0 Å². The summed E-state index contributed by atoms with van der Waals surface area (Å²) in [6, 6.07) is 0. The third kappa shape index (κ3) is 3.23. The molecule has 0 fully saturated rings. The molecule has 0 amide bonds. The maximum absolute atomic E-state index is 11.3. The monoisotopic (exact) mass is 270 g/mol. The maximum Gasteiger partial charge on any atom is 0.334 e. The second-order valence-electron chi connectivity index (χ2n) is 4.80. The average molecular weight is 270 g/mol. The third-order valence-corrected chi connectivity index (χ3v) is 2.91. The number of aliphatic hydroxyl groups is 1. The van der Waals surface area contributed by atoms with Crippen molar-refractivity contribution in [3.05, 3.63) is 15.8 Å². The van der Waals surface area contributed by atoms with Crippen LogP contribution in [0, 0.1) is 10.1 Å². The first-order valence-corrected chi connectivity index (χ1v) is 6.51. The molecule has 1 rings (SSSR count). The van der Waals surface area contributed by atoms with E-state index in [4.69, 9.17) is 5.11 Å². The highest BCUT2D eigenvalue weighted by atomic mass is 16.6. The molecule has 19 heavy (non-hydrogen) atoms. The smallest absolute Gasteiger partial charge is 0.334 e. The van der Waals surface area contributed by atoms with Crippen molar-refractivity contribution in [2.45, 2.75) is 33.1 Å². The van der Waals surface area contributed by atoms with Crippen LogP contribution in [0.1, 0.15) is 38.8 Å². The molecular weight excluding hydrogens is 248 g/mol. The quantitative estimate of drug-likeness (QED) is 0.601. The minimum atomic E-state index is -0.377. The molecule has 7 heteroatoms. The zero-order valence-corrected chi connectivity index (χ0v) is 12.0. The van der Waals surface area contributed by atoms with Gasteiger partial charge in [-0.15, -0.1) is 0 Å². The van der Waals surface area contributed by atoms with Crippen LogP contribution >= 0.6 is 0 Å². The van der Waals surface area contributed by atoms with Gasteiger partial charge in [0.1, 0.15) is 5.69 Å². The molecule has 0 spiro atoms. The van der Waals surface area contributed by atoms with Crippen LogP contribution in [0.25, 0.3) is 0 Å². The average Bonchev–Trinajstić information content (AvgIpc) is 2.67. The Hall–Kier alpha value is -1.63. The molecule has 0 bridgehead atoms. The van der Waals surface area contributed by atoms with E-state index >= 15 is 0 Å². The Morgan fingerprint density at radius 1 is 1.47 bits per heavy atom. The van der Waals surface area contributed by atoms with E-state index in [1.807, 2.05) is 25.7 Å². The molecule has 1 aromatic rings. The Morgan fingerprint density at radius 3 is 2.53 bits per heavy atom. The first-order valence-electron chi connectivity index (χ1n) is 6.51. The number of hydrogen-bond donors (Lipinski definition) is 1. The fourth-order valence-electron chi connectivity index (χ4n) is 2.16. The highest BCUT2D eigenvalue weighted by Crippen LogP contribution is 2.35. The van der Waals surface area contributed by atoms with Crippen LogP contribution in [0.3, 0.4) is 0 Å². The van der Waals surface area contributed by atoms with Gasteiger partial charge in [-0.05, 0) is 6.42 Å². The predicted molar refractivity (Wildman–Crippen MR) is 73.5 cm³/mol. The number of nitrogens with zero attached hydrogens (tertiary/aromatic N) is 4. The van der Waals surface area contributed by atoms with E-state index in [2.05, 4.69) is 5.10 Å². The summed E-state index contributed by atoms with van der Waals surface area (Å²) in [6.07, 6.45) is 0.847. The van der Waals surface area contributed by atoms with Gasteiger partial charge in [0, 0.05) is 26.1 Å². The number of nitro groups is 1. The summed E-state index contributed by atoms with van der Waals surface area (Å²) in [5.74, 6) is 0.461. The van der Waals surface area contributed by atoms with Gasteiger partial charge in [0.05, 0.1) is 11.5 Å². The predicted octanol–water partition coefficient (Wildman–Crippen LogP) is 1.66. The van der Waals surface area contributed by atoms with Crippen LogP contribution in [-0.4, -0.2) is 39.5 Å². The lowest BCUT2D eigenvalue weighted by Crippen LogP contribution is -2.29. The second kappa shape index (κ2) is 6.51. The molecule has 0 saturated heterocycles. The molecule has 1 N–H and O–H groups in total. The van der Waals surface area contributed by atoms with Gasteiger partial charge in [-0.3, -0.25) is 10.1 Å². The third-order valence-electron chi connectivity index (χ3n) is 2.91. The van der Waals surface area contributed by atoms with Crippen molar-refractivity contribution in [1.82, 2.24) is 9.78 Å². The van der Waals surface area contributed by atoms with Gasteiger partial charge in [-0.25, -0.2) is 4.68 Å². The first kappa shape index (κ1) is 15.4. The van der Waals surface area contributed by atoms with Crippen molar-refractivity contribution in [3.63, 3.8) is 0 Å². The van der Waals surface area contributed by atoms with Crippen molar-refractivity contribution < 1.29 is 10.0 Å². The Kier molecular flexibility index (Phi) is 5.29. The Bertz CT molecular complexity index is 436. The van der Waals surface area contributed by atoms with Crippen LogP contribution in [-0.2, 0) is 7.05 Å². The minimum Gasteiger partial charge on any atom is -0.395 e. The van der Waals surface area contributed by atoms with E-state index in [0.717, 1.165) is 6.42 Å². The molecule has 0 aromatic carbocycles. The van der Waals surface area contributed by atoms with Crippen LogP contribution in [0.2, 0.25) is 0 Å². The number of aromatic nitrogens is 2. The van der Waals surface area contributed by atoms with E-state index in [1.165, 1.54) is 0 Å². The molecule has 108 valence electrons. The molecule has 0 saturated carbocycles. The summed E-state index contributed by atoms with van der Waals surface area (Å²) in [5.41, 5.74) is 0.543. The molecule has 0 atom stereocenters. The molecule has 0 aliphatic heterocycles. The first-order chi connectivity index (χ1) is 8.93. The summed E-state index contributed by atoms with van der Waals surface area (Å²) >= 11 is 0. The van der Waals surface area contributed by atoms with Crippen molar-refractivity contribution in [2.75, 3.05) is 24.6 Å². The summed E-state index contributed by atoms with van der Waals surface area (Å²) in [6.45, 7) is 6.74. The fourth-order valence-corrected chi connectivity index (χ4v) is 2.16. The molecule has 0 aliphatic rings. The zero-order chi connectivity index (χ0) is 14.6. The van der Waals surface area contributed by atoms with Crippen LogP contribution in [0.15, 0.2) is 0 Å². The Morgan fingerprint density at radius 2 is 2.11 bits per heavy atom. The lowest BCUT2D eigenvalue weighted by atomic mass is 10.1. The van der Waals surface area contributed by atoms with Crippen molar-refractivity contribution >= 4 is 11.5 Å². The van der Waals surface area contributed by atoms with Crippen molar-refractivity contribution in [1.29, 1.82) is 0 Å². The number of aliphatic hydroxyl groups excluding tert-OH is 1. The Balaban J connectivity index is 3.34. The van der Waals surface area contributed by atoms with E-state index in [9.17, 15) is 10.1 Å². The SMILES string of the molecule is CCCN(CCO)c1c([N+](=O)[O-])c(C(C)C)nn1C. The van der Waals surface area contributed by atoms with Gasteiger partial charge in [-0.1, -0.05) is 20.8 Å². The van der Waals surface area contributed by atoms with Crippen LogP contribution < -0.4 is 4.90 Å². The molecule has 0 aliphatic carbocycles. The summed E-state index contributed by atoms with van der Waals surface area (Å²) < 4.78 is 1.54. The lowest BCUT2D eigenvalue weighted by molar-refractivity contribution is -0.385. The molecule has 0 radical (unpaired) electrons. The van der Waals surface area contributed by atoms with Gasteiger partial charge in [-0.2, -0.15) is 5.10 Å². The standard InChI is InChI=1S/C12H22N4O3/c1-5-6-15(7-8-17)12-11(16(18)19)10(9(2)3)13-14(12)4/h9,17H,5-8H2,1-4H3. The number of rotatable bonds is 7. The fraction of sp³-hybridized carbons (Fsp3) is 0.750. The van der Waals surface area contributed by atoms with Gasteiger partial charge in [0.2, 0.25) is 5.82 Å². The van der Waals surface area contributed by atoms with Crippen LogP contribution in [0.4, 0.5) is 11.5 Å². The zero-order valence-electron chi connectivity index (χ0n) is 12.0. The van der Waals surface area contributed by atoms with Crippen molar-refractivity contribution in [3.8, 4) is 0 Å². The number of aryl methyl sites for hydroxylation is 1. The largest absolute Gasteiger partial charge is 0.395 e. The molecule has 1 aromatic heterocycles. The topological polar surface area (TPSA) is 84.4 Å². The van der Waals surface area contributed by atoms with E-state index in [1.54, 1.807) is 11.7 Å². The summed E-state index contributed by atoms with van der Waals surface area (Å²) in [7, 11) is 1.70. The molecule has 0 unspecified atom stereocenters. The summed E-state index contributed by atoms with van der Waals surface area (Å²) in [5, 5.41) is 24.7. The van der Waals surface area contributed by atoms with Crippen molar-refractivity contribution in [2.24, 2.45) is 7.05 Å². The lowest BCUT2D eigenvalue weighted by Gasteiger charge is -2.22. The maximum atomic E-state index is 11.3. The molecule has 1 heterocycles. The Labute approximate surface area is 113 Å². The highest BCUT2D eigenvalue weighted by Gasteiger charge is 2.31. The molecular formula is C12H22N4O3. The van der Waals surface area contributed by atoms with E-state index in [0.29, 0.717) is 24.6 Å². The minimum absolute atomic E-state index is 0.0158. The second-order valence-corrected chi connectivity index (χ2v) is 4.80. The summed E-state index contributed by atoms with van der Waals surface area (Å²) in [4.78, 5) is 12.8. The van der Waals surface area contributed by atoms with Gasteiger partial charge < -0.3 is 10.0 Å². The molecule has 7 nitrogen and oxygen atoms in total. The van der Waals surface area contributed by atoms with Gasteiger partial charge in [0.15, 0.2) is 0 Å². The van der Waals surface area contributed by atoms with E-state index in [-0.39, 0.29) is 23.1 Å².